The Labute approximate surface area is 148 Å². The molecule has 0 saturated carbocycles. The molecule has 7 nitrogen and oxygen atoms in total. The Balaban J connectivity index is 2.20. The fourth-order valence-electron chi connectivity index (χ4n) is 1.81. The summed E-state index contributed by atoms with van der Waals surface area (Å²) in [5.74, 6) is -0.674. The van der Waals surface area contributed by atoms with E-state index >= 15 is 0 Å². The molecular weight excluding hydrogens is 351 g/mol. The predicted octanol–water partition coefficient (Wildman–Crippen LogP) is 2.47. The first kappa shape index (κ1) is 17.6. The fraction of sp³-hybridized carbons (Fsp3) is 0. The van der Waals surface area contributed by atoms with E-state index < -0.39 is 0 Å². The Bertz CT molecular complexity index is 830. The molecule has 7 N–H and O–H groups in total. The highest BCUT2D eigenvalue weighted by Crippen LogP contribution is 2.23. The summed E-state index contributed by atoms with van der Waals surface area (Å²) in [6, 6.07) is 11.3. The number of amides is 1. The summed E-state index contributed by atoms with van der Waals surface area (Å²) in [5.41, 5.74) is 17.3. The third-order valence-corrected chi connectivity index (χ3v) is 3.31. The molecule has 0 radical (unpaired) electrons. The number of rotatable bonds is 3. The molecule has 2 aromatic rings. The molecule has 24 heavy (non-hydrogen) atoms. The molecule has 0 spiro atoms. The van der Waals surface area contributed by atoms with E-state index in [-0.39, 0.29) is 22.8 Å². The molecule has 0 bridgehead atoms. The van der Waals surface area contributed by atoms with Gasteiger partial charge in [0.1, 0.15) is 0 Å². The summed E-state index contributed by atoms with van der Waals surface area (Å²) in [7, 11) is 0. The van der Waals surface area contributed by atoms with E-state index in [1.807, 2.05) is 0 Å². The zero-order valence-electron chi connectivity index (χ0n) is 12.3. The summed E-state index contributed by atoms with van der Waals surface area (Å²) in [4.78, 5) is 19.9. The number of nitrogens with two attached hydrogens (primary N) is 3. The molecule has 0 aliphatic heterocycles. The zero-order valence-corrected chi connectivity index (χ0v) is 13.8. The molecule has 0 aliphatic rings. The van der Waals surface area contributed by atoms with Crippen LogP contribution in [0, 0.1) is 0 Å². The van der Waals surface area contributed by atoms with Crippen LogP contribution in [0.15, 0.2) is 52.4 Å². The number of nitrogens with zero attached hydrogens (tertiary/aromatic N) is 2. The van der Waals surface area contributed by atoms with Crippen LogP contribution in [0.2, 0.25) is 10.0 Å². The third kappa shape index (κ3) is 4.87. The van der Waals surface area contributed by atoms with Gasteiger partial charge in [-0.2, -0.15) is 4.99 Å². The van der Waals surface area contributed by atoms with Crippen molar-refractivity contribution in [1.82, 2.24) is 0 Å². The van der Waals surface area contributed by atoms with Crippen molar-refractivity contribution >= 4 is 52.4 Å². The first-order valence-corrected chi connectivity index (χ1v) is 7.41. The molecular formula is C15H14Cl2N6O. The van der Waals surface area contributed by atoms with Crippen LogP contribution in [-0.2, 0) is 0 Å². The lowest BCUT2D eigenvalue weighted by Crippen LogP contribution is -2.26. The van der Waals surface area contributed by atoms with Gasteiger partial charge in [0.05, 0.1) is 16.3 Å². The Kier molecular flexibility index (Phi) is 5.62. The summed E-state index contributed by atoms with van der Waals surface area (Å²) in [5, 5.41) is 3.41. The van der Waals surface area contributed by atoms with Gasteiger partial charge >= 0.3 is 0 Å². The molecule has 0 atom stereocenters. The summed E-state index contributed by atoms with van der Waals surface area (Å²) in [6.45, 7) is 0. The van der Waals surface area contributed by atoms with Crippen molar-refractivity contribution in [2.45, 2.75) is 0 Å². The van der Waals surface area contributed by atoms with Crippen LogP contribution < -0.4 is 22.5 Å². The van der Waals surface area contributed by atoms with Gasteiger partial charge in [-0.25, -0.2) is 4.99 Å². The van der Waals surface area contributed by atoms with E-state index in [0.29, 0.717) is 22.0 Å². The lowest BCUT2D eigenvalue weighted by atomic mass is 10.2. The number of carbonyl (C=O) groups is 1. The molecule has 0 unspecified atom stereocenters. The summed E-state index contributed by atoms with van der Waals surface area (Å²) in [6.07, 6.45) is 0. The SMILES string of the molecule is NC(N)=NC(N)=Nc1cccc(NC(=O)c2ccc(Cl)cc2Cl)c1. The van der Waals surface area contributed by atoms with Gasteiger partial charge in [-0.3, -0.25) is 4.79 Å². The molecule has 0 aliphatic carbocycles. The average Bonchev–Trinajstić information content (AvgIpc) is 2.46. The number of guanidine groups is 2. The lowest BCUT2D eigenvalue weighted by molar-refractivity contribution is 0.102. The van der Waals surface area contributed by atoms with Crippen LogP contribution in [0.3, 0.4) is 0 Å². The largest absolute Gasteiger partial charge is 0.370 e. The molecule has 124 valence electrons. The highest BCUT2D eigenvalue weighted by molar-refractivity contribution is 6.37. The molecule has 0 heterocycles. The van der Waals surface area contributed by atoms with Crippen molar-refractivity contribution in [2.24, 2.45) is 27.2 Å². The number of hydrogen-bond acceptors (Lipinski definition) is 2. The summed E-state index contributed by atoms with van der Waals surface area (Å²) < 4.78 is 0. The fourth-order valence-corrected chi connectivity index (χ4v) is 2.31. The molecule has 2 rings (SSSR count). The average molecular weight is 365 g/mol. The van der Waals surface area contributed by atoms with Crippen molar-refractivity contribution in [1.29, 1.82) is 0 Å². The number of nitrogens with one attached hydrogen (secondary N) is 1. The Morgan fingerprint density at radius 2 is 1.79 bits per heavy atom. The molecule has 9 heteroatoms. The van der Waals surface area contributed by atoms with Crippen LogP contribution >= 0.6 is 23.2 Å². The van der Waals surface area contributed by atoms with Crippen LogP contribution in [0.25, 0.3) is 0 Å². The van der Waals surface area contributed by atoms with Crippen molar-refractivity contribution < 1.29 is 4.79 Å². The van der Waals surface area contributed by atoms with Crippen molar-refractivity contribution in [3.63, 3.8) is 0 Å². The quantitative estimate of drug-likeness (QED) is 0.491. The van der Waals surface area contributed by atoms with E-state index in [0.717, 1.165) is 0 Å². The second-order valence-corrected chi connectivity index (χ2v) is 5.48. The van der Waals surface area contributed by atoms with Crippen LogP contribution in [0.1, 0.15) is 10.4 Å². The van der Waals surface area contributed by atoms with E-state index in [2.05, 4.69) is 15.3 Å². The minimum atomic E-state index is -0.380. The normalized spacial score (nSPS) is 11.0. The summed E-state index contributed by atoms with van der Waals surface area (Å²) >= 11 is 11.8. The van der Waals surface area contributed by atoms with Crippen molar-refractivity contribution in [2.75, 3.05) is 5.32 Å². The minimum Gasteiger partial charge on any atom is -0.370 e. The zero-order chi connectivity index (χ0) is 17.7. The lowest BCUT2D eigenvalue weighted by Gasteiger charge is -2.07. The number of hydrogen-bond donors (Lipinski definition) is 4. The highest BCUT2D eigenvalue weighted by Gasteiger charge is 2.11. The first-order chi connectivity index (χ1) is 11.3. The van der Waals surface area contributed by atoms with Crippen LogP contribution in [-0.4, -0.2) is 17.8 Å². The molecule has 0 fully saturated rings. The number of carbonyl (C=O) groups excluding carboxylic acids is 1. The van der Waals surface area contributed by atoms with Gasteiger partial charge in [0.15, 0.2) is 5.96 Å². The van der Waals surface area contributed by atoms with Gasteiger partial charge in [-0.1, -0.05) is 29.3 Å². The Morgan fingerprint density at radius 3 is 2.46 bits per heavy atom. The second kappa shape index (κ2) is 7.67. The highest BCUT2D eigenvalue weighted by atomic mass is 35.5. The third-order valence-electron chi connectivity index (χ3n) is 2.77. The molecule has 0 saturated heterocycles. The monoisotopic (exact) mass is 364 g/mol. The van der Waals surface area contributed by atoms with Crippen molar-refractivity contribution in [3.05, 3.63) is 58.1 Å². The standard InChI is InChI=1S/C15H14Cl2N6O/c16-8-4-5-11(12(17)6-8)13(24)21-9-2-1-3-10(7-9)22-15(20)23-14(18)19/h1-7H,(H,21,24)(H6,18,19,20,22,23). The Hall–Kier alpha value is -2.77. The smallest absolute Gasteiger partial charge is 0.257 e. The number of benzene rings is 2. The van der Waals surface area contributed by atoms with E-state index in [1.165, 1.54) is 6.07 Å². The minimum absolute atomic E-state index is 0.0979. The van der Waals surface area contributed by atoms with Crippen molar-refractivity contribution in [3.8, 4) is 0 Å². The van der Waals surface area contributed by atoms with Crippen LogP contribution in [0.4, 0.5) is 11.4 Å². The molecule has 0 aromatic heterocycles. The van der Waals surface area contributed by atoms with Gasteiger partial charge in [0.25, 0.3) is 5.91 Å². The molecule has 2 aromatic carbocycles. The predicted molar refractivity (Wildman–Crippen MR) is 97.9 cm³/mol. The molecule has 1 amide bonds. The maximum atomic E-state index is 12.3. The van der Waals surface area contributed by atoms with Gasteiger partial charge in [0, 0.05) is 10.7 Å². The van der Waals surface area contributed by atoms with Crippen LogP contribution in [0.5, 0.6) is 0 Å². The topological polar surface area (TPSA) is 132 Å². The maximum Gasteiger partial charge on any atom is 0.257 e. The number of halogens is 2. The van der Waals surface area contributed by atoms with E-state index in [1.54, 1.807) is 36.4 Å². The number of aliphatic imine (C=N–C) groups is 2. The van der Waals surface area contributed by atoms with E-state index in [9.17, 15) is 4.79 Å². The van der Waals surface area contributed by atoms with Gasteiger partial charge in [0.2, 0.25) is 5.96 Å². The first-order valence-electron chi connectivity index (χ1n) is 6.65. The Morgan fingerprint density at radius 1 is 1.04 bits per heavy atom. The van der Waals surface area contributed by atoms with E-state index in [4.69, 9.17) is 40.4 Å². The van der Waals surface area contributed by atoms with Gasteiger partial charge in [-0.05, 0) is 36.4 Å². The number of anilines is 1. The second-order valence-electron chi connectivity index (χ2n) is 4.64. The van der Waals surface area contributed by atoms with Gasteiger partial charge in [-0.15, -0.1) is 0 Å². The maximum absolute atomic E-state index is 12.3. The van der Waals surface area contributed by atoms with Gasteiger partial charge < -0.3 is 22.5 Å².